The lowest BCUT2D eigenvalue weighted by atomic mass is 10.1. The molecule has 0 aliphatic rings. The van der Waals surface area contributed by atoms with E-state index in [-0.39, 0.29) is 24.0 Å². The maximum absolute atomic E-state index is 11.6. The number of halogens is 1. The zero-order valence-corrected chi connectivity index (χ0v) is 21.9. The highest BCUT2D eigenvalue weighted by molar-refractivity contribution is 14.0. The van der Waals surface area contributed by atoms with Gasteiger partial charge in [0.15, 0.2) is 15.8 Å². The number of benzene rings is 2. The number of nitrogens with zero attached hydrogens (tertiary/aromatic N) is 3. The molecule has 0 atom stereocenters. The third kappa shape index (κ3) is 6.80. The zero-order chi connectivity index (χ0) is 22.4. The Balaban J connectivity index is 0.00000363. The summed E-state index contributed by atoms with van der Waals surface area (Å²) in [6.07, 6.45) is 1.97. The van der Waals surface area contributed by atoms with Crippen LogP contribution < -0.4 is 15.5 Å². The fraction of sp³-hybridized carbons (Fsp3) is 0.304. The summed E-state index contributed by atoms with van der Waals surface area (Å²) >= 11 is 0. The number of hydrogen-bond donors (Lipinski definition) is 2. The lowest BCUT2D eigenvalue weighted by Gasteiger charge is -2.17. The second-order valence-electron chi connectivity index (χ2n) is 7.57. The summed E-state index contributed by atoms with van der Waals surface area (Å²) in [5, 5.41) is 7.80. The number of guanidine groups is 1. The quantitative estimate of drug-likeness (QED) is 0.259. The molecule has 2 N–H and O–H groups in total. The average molecular weight is 567 g/mol. The lowest BCUT2D eigenvalue weighted by molar-refractivity contribution is 0.602. The van der Waals surface area contributed by atoms with Crippen molar-refractivity contribution in [3.05, 3.63) is 65.7 Å². The van der Waals surface area contributed by atoms with E-state index in [4.69, 9.17) is 4.98 Å². The Kier molecular flexibility index (Phi) is 9.26. The Morgan fingerprint density at radius 2 is 1.75 bits per heavy atom. The van der Waals surface area contributed by atoms with Crippen molar-refractivity contribution in [3.63, 3.8) is 0 Å². The Morgan fingerprint density at radius 1 is 1.06 bits per heavy atom. The van der Waals surface area contributed by atoms with Crippen molar-refractivity contribution in [1.29, 1.82) is 0 Å². The van der Waals surface area contributed by atoms with Gasteiger partial charge in [-0.05, 0) is 41.8 Å². The van der Waals surface area contributed by atoms with Crippen LogP contribution in [-0.2, 0) is 22.8 Å². The van der Waals surface area contributed by atoms with Gasteiger partial charge in [0.25, 0.3) is 0 Å². The van der Waals surface area contributed by atoms with Gasteiger partial charge in [0.1, 0.15) is 5.82 Å². The standard InChI is InChI=1S/C23H29N5O2S.HI/c1-24-23(25-14-13-17-9-11-19(12-10-17)31(4,29)30)26-16-18-15-22(28(2)3)27-21-8-6-5-7-20(18)21;/h5-12,15H,13-14,16H2,1-4H3,(H2,24,25,26);1H. The molecule has 1 heterocycles. The molecule has 0 amide bonds. The van der Waals surface area contributed by atoms with Crippen LogP contribution in [-0.4, -0.2) is 53.3 Å². The van der Waals surface area contributed by atoms with Gasteiger partial charge in [0.2, 0.25) is 0 Å². The number of fused-ring (bicyclic) bond motifs is 1. The molecule has 0 saturated carbocycles. The monoisotopic (exact) mass is 567 g/mol. The summed E-state index contributed by atoms with van der Waals surface area (Å²) in [5.74, 6) is 1.62. The summed E-state index contributed by atoms with van der Waals surface area (Å²) in [5.41, 5.74) is 3.17. The van der Waals surface area contributed by atoms with Gasteiger partial charge in [0.05, 0.1) is 10.4 Å². The largest absolute Gasteiger partial charge is 0.363 e. The van der Waals surface area contributed by atoms with Crippen LogP contribution in [0.4, 0.5) is 5.82 Å². The van der Waals surface area contributed by atoms with E-state index in [1.165, 1.54) is 6.26 Å². The second-order valence-corrected chi connectivity index (χ2v) is 9.59. The van der Waals surface area contributed by atoms with Gasteiger partial charge in [-0.25, -0.2) is 13.4 Å². The van der Waals surface area contributed by atoms with E-state index in [1.54, 1.807) is 19.2 Å². The predicted octanol–water partition coefficient (Wildman–Crippen LogP) is 3.23. The van der Waals surface area contributed by atoms with Crippen molar-refractivity contribution in [2.24, 2.45) is 4.99 Å². The topological polar surface area (TPSA) is 86.7 Å². The van der Waals surface area contributed by atoms with Gasteiger partial charge in [-0.1, -0.05) is 30.3 Å². The second kappa shape index (κ2) is 11.5. The summed E-state index contributed by atoms with van der Waals surface area (Å²) in [4.78, 5) is 11.3. The van der Waals surface area contributed by atoms with Crippen LogP contribution in [0.2, 0.25) is 0 Å². The number of para-hydroxylation sites is 1. The van der Waals surface area contributed by atoms with Crippen molar-refractivity contribution in [1.82, 2.24) is 15.6 Å². The number of anilines is 1. The molecule has 9 heteroatoms. The summed E-state index contributed by atoms with van der Waals surface area (Å²) in [6, 6.07) is 17.2. The van der Waals surface area contributed by atoms with E-state index in [2.05, 4.69) is 27.8 Å². The number of hydrogen-bond acceptors (Lipinski definition) is 5. The molecule has 0 radical (unpaired) electrons. The van der Waals surface area contributed by atoms with E-state index in [0.717, 1.165) is 34.3 Å². The first-order valence-corrected chi connectivity index (χ1v) is 12.0. The van der Waals surface area contributed by atoms with E-state index in [1.807, 2.05) is 49.3 Å². The van der Waals surface area contributed by atoms with E-state index < -0.39 is 9.84 Å². The first-order chi connectivity index (χ1) is 14.8. The molecular weight excluding hydrogens is 537 g/mol. The SMILES string of the molecule is CN=C(NCCc1ccc(S(C)(=O)=O)cc1)NCc1cc(N(C)C)nc2ccccc12.I. The number of pyridine rings is 1. The van der Waals surface area contributed by atoms with Crippen LogP contribution >= 0.6 is 24.0 Å². The third-order valence-electron chi connectivity index (χ3n) is 4.97. The molecule has 0 spiro atoms. The number of rotatable bonds is 7. The highest BCUT2D eigenvalue weighted by atomic mass is 127. The van der Waals surface area contributed by atoms with Crippen LogP contribution in [0.15, 0.2) is 64.5 Å². The molecule has 3 rings (SSSR count). The third-order valence-corrected chi connectivity index (χ3v) is 6.10. The minimum Gasteiger partial charge on any atom is -0.363 e. The molecule has 7 nitrogen and oxygen atoms in total. The molecule has 3 aromatic rings. The molecule has 0 fully saturated rings. The highest BCUT2D eigenvalue weighted by Gasteiger charge is 2.09. The number of nitrogens with one attached hydrogen (secondary N) is 2. The molecular formula is C23H30IN5O2S. The summed E-state index contributed by atoms with van der Waals surface area (Å²) in [7, 11) is 2.54. The fourth-order valence-electron chi connectivity index (χ4n) is 3.24. The number of sulfone groups is 1. The van der Waals surface area contributed by atoms with Crippen molar-refractivity contribution < 1.29 is 8.42 Å². The molecule has 0 aliphatic carbocycles. The van der Waals surface area contributed by atoms with E-state index in [9.17, 15) is 8.42 Å². The number of aliphatic imine (C=N–C) groups is 1. The van der Waals surface area contributed by atoms with Crippen LogP contribution in [0.1, 0.15) is 11.1 Å². The van der Waals surface area contributed by atoms with E-state index in [0.29, 0.717) is 23.9 Å². The molecule has 0 unspecified atom stereocenters. The summed E-state index contributed by atoms with van der Waals surface area (Å²) < 4.78 is 23.1. The fourth-order valence-corrected chi connectivity index (χ4v) is 3.87. The average Bonchev–Trinajstić information content (AvgIpc) is 2.75. The molecule has 172 valence electrons. The van der Waals surface area contributed by atoms with Crippen LogP contribution in [0.25, 0.3) is 10.9 Å². The lowest BCUT2D eigenvalue weighted by Crippen LogP contribution is -2.37. The molecule has 2 aromatic carbocycles. The normalized spacial score (nSPS) is 11.7. The first kappa shape index (κ1) is 25.9. The predicted molar refractivity (Wildman–Crippen MR) is 143 cm³/mol. The van der Waals surface area contributed by atoms with Crippen molar-refractivity contribution in [2.75, 3.05) is 38.8 Å². The van der Waals surface area contributed by atoms with Crippen LogP contribution in [0.3, 0.4) is 0 Å². The van der Waals surface area contributed by atoms with Crippen molar-refractivity contribution in [3.8, 4) is 0 Å². The highest BCUT2D eigenvalue weighted by Crippen LogP contribution is 2.22. The maximum Gasteiger partial charge on any atom is 0.191 e. The van der Waals surface area contributed by atoms with Gasteiger partial charge in [0, 0.05) is 45.9 Å². The molecule has 0 saturated heterocycles. The minimum absolute atomic E-state index is 0. The molecule has 1 aromatic heterocycles. The Bertz CT molecular complexity index is 1180. The Labute approximate surface area is 207 Å². The van der Waals surface area contributed by atoms with Gasteiger partial charge >= 0.3 is 0 Å². The Hall–Kier alpha value is -2.40. The zero-order valence-electron chi connectivity index (χ0n) is 18.8. The van der Waals surface area contributed by atoms with Gasteiger partial charge < -0.3 is 15.5 Å². The van der Waals surface area contributed by atoms with Crippen LogP contribution in [0, 0.1) is 0 Å². The smallest absolute Gasteiger partial charge is 0.191 e. The first-order valence-electron chi connectivity index (χ1n) is 10.1. The van der Waals surface area contributed by atoms with Crippen LogP contribution in [0.5, 0.6) is 0 Å². The van der Waals surface area contributed by atoms with Crippen molar-refractivity contribution in [2.45, 2.75) is 17.9 Å². The Morgan fingerprint density at radius 3 is 2.38 bits per heavy atom. The number of aromatic nitrogens is 1. The maximum atomic E-state index is 11.6. The molecule has 32 heavy (non-hydrogen) atoms. The minimum atomic E-state index is -3.17. The molecule has 0 aliphatic heterocycles. The molecule has 0 bridgehead atoms. The summed E-state index contributed by atoms with van der Waals surface area (Å²) in [6.45, 7) is 1.30. The van der Waals surface area contributed by atoms with E-state index >= 15 is 0 Å². The van der Waals surface area contributed by atoms with Gasteiger partial charge in [-0.3, -0.25) is 4.99 Å². The van der Waals surface area contributed by atoms with Gasteiger partial charge in [-0.2, -0.15) is 0 Å². The van der Waals surface area contributed by atoms with Crippen molar-refractivity contribution >= 4 is 56.5 Å². The van der Waals surface area contributed by atoms with Gasteiger partial charge in [-0.15, -0.1) is 24.0 Å².